The normalized spacial score (nSPS) is 28.6. The lowest BCUT2D eigenvalue weighted by Gasteiger charge is -2.24. The van der Waals surface area contributed by atoms with Crippen LogP contribution in [0.3, 0.4) is 0 Å². The van der Waals surface area contributed by atoms with E-state index in [1.165, 1.54) is 0 Å². The Hall–Kier alpha value is -2.30. The molecule has 0 spiro atoms. The molecule has 2 aliphatic carbocycles. The summed E-state index contributed by atoms with van der Waals surface area (Å²) in [4.78, 5) is 26.0. The number of nitrogens with one attached hydrogen (secondary N) is 1. The minimum atomic E-state index is -0.875. The molecule has 1 amide bonds. The van der Waals surface area contributed by atoms with Crippen LogP contribution in [-0.2, 0) is 9.59 Å². The maximum atomic E-state index is 12.5. The van der Waals surface area contributed by atoms with E-state index in [1.807, 2.05) is 55.4 Å². The Balaban J connectivity index is 1.74. The molecule has 5 nitrogen and oxygen atoms in total. The highest BCUT2D eigenvalue weighted by atomic mass is 16.4. The molecule has 0 aliphatic heterocycles. The monoisotopic (exact) mass is 300 g/mol. The SMILES string of the molecule is CN(C)c1ccc(NC(=O)[C@@H]2[C@H](C(=O)O)[C@H]3C=C[C@H]2C3)cc1. The van der Waals surface area contributed by atoms with Gasteiger partial charge < -0.3 is 15.3 Å². The number of carbonyl (C=O) groups is 2. The number of benzene rings is 1. The first-order valence-corrected chi connectivity index (χ1v) is 7.47. The molecule has 0 aromatic heterocycles. The van der Waals surface area contributed by atoms with E-state index in [4.69, 9.17) is 0 Å². The second-order valence-corrected chi connectivity index (χ2v) is 6.27. The molecular formula is C17H20N2O3. The van der Waals surface area contributed by atoms with E-state index in [1.54, 1.807) is 0 Å². The summed E-state index contributed by atoms with van der Waals surface area (Å²) in [5.41, 5.74) is 1.75. The Bertz CT molecular complexity index is 621. The van der Waals surface area contributed by atoms with E-state index in [9.17, 15) is 14.7 Å². The highest BCUT2D eigenvalue weighted by Gasteiger charge is 2.51. The Kier molecular flexibility index (Phi) is 3.64. The van der Waals surface area contributed by atoms with Gasteiger partial charge in [-0.15, -0.1) is 0 Å². The standard InChI is InChI=1S/C17H20N2O3/c1-19(2)13-7-5-12(6-8-13)18-16(20)14-10-3-4-11(9-10)15(14)17(21)22/h3-8,10-11,14-15H,9H2,1-2H3,(H,18,20)(H,21,22)/t10-,11-,14-,15+/m0/s1. The number of hydrogen-bond acceptors (Lipinski definition) is 3. The van der Waals surface area contributed by atoms with Gasteiger partial charge in [-0.1, -0.05) is 12.2 Å². The van der Waals surface area contributed by atoms with Crippen molar-refractivity contribution in [2.75, 3.05) is 24.3 Å². The van der Waals surface area contributed by atoms with Gasteiger partial charge in [0.05, 0.1) is 11.8 Å². The Morgan fingerprint density at radius 1 is 1.09 bits per heavy atom. The lowest BCUT2D eigenvalue weighted by atomic mass is 9.82. The van der Waals surface area contributed by atoms with Crippen molar-refractivity contribution in [2.45, 2.75) is 6.42 Å². The molecule has 1 fully saturated rings. The minimum absolute atomic E-state index is 0.00522. The highest BCUT2D eigenvalue weighted by Crippen LogP contribution is 2.48. The first-order valence-electron chi connectivity index (χ1n) is 7.47. The highest BCUT2D eigenvalue weighted by molar-refractivity contribution is 5.96. The summed E-state index contributed by atoms with van der Waals surface area (Å²) in [6.07, 6.45) is 4.71. The summed E-state index contributed by atoms with van der Waals surface area (Å²) < 4.78 is 0. The smallest absolute Gasteiger partial charge is 0.307 e. The number of nitrogens with zero attached hydrogens (tertiary/aromatic N) is 1. The number of allylic oxidation sites excluding steroid dienone is 2. The molecule has 0 heterocycles. The zero-order chi connectivity index (χ0) is 15.9. The zero-order valence-electron chi connectivity index (χ0n) is 12.7. The molecule has 2 N–H and O–H groups in total. The van der Waals surface area contributed by atoms with Gasteiger partial charge in [0, 0.05) is 25.5 Å². The van der Waals surface area contributed by atoms with Crippen molar-refractivity contribution in [3.63, 3.8) is 0 Å². The summed E-state index contributed by atoms with van der Waals surface area (Å²) in [7, 11) is 3.90. The maximum Gasteiger partial charge on any atom is 0.307 e. The lowest BCUT2D eigenvalue weighted by Crippen LogP contribution is -2.36. The molecule has 5 heteroatoms. The summed E-state index contributed by atoms with van der Waals surface area (Å²) >= 11 is 0. The molecule has 1 aromatic carbocycles. The second kappa shape index (κ2) is 5.48. The topological polar surface area (TPSA) is 69.6 Å². The summed E-state index contributed by atoms with van der Waals surface area (Å²) in [6, 6.07) is 7.52. The van der Waals surface area contributed by atoms with Crippen LogP contribution in [-0.4, -0.2) is 31.1 Å². The van der Waals surface area contributed by atoms with Gasteiger partial charge in [-0.25, -0.2) is 0 Å². The van der Waals surface area contributed by atoms with Gasteiger partial charge in [-0.2, -0.15) is 0 Å². The average Bonchev–Trinajstić information content (AvgIpc) is 3.08. The molecule has 1 saturated carbocycles. The molecule has 3 rings (SSSR count). The second-order valence-electron chi connectivity index (χ2n) is 6.27. The number of carboxylic acids is 1. The first-order chi connectivity index (χ1) is 10.5. The van der Waals surface area contributed by atoms with E-state index in [0.29, 0.717) is 5.69 Å². The van der Waals surface area contributed by atoms with Crippen LogP contribution in [0.25, 0.3) is 0 Å². The number of hydrogen-bond donors (Lipinski definition) is 2. The van der Waals surface area contributed by atoms with Crippen LogP contribution in [0.4, 0.5) is 11.4 Å². The van der Waals surface area contributed by atoms with Crippen LogP contribution < -0.4 is 10.2 Å². The number of anilines is 2. The maximum absolute atomic E-state index is 12.5. The first kappa shape index (κ1) is 14.6. The van der Waals surface area contributed by atoms with Crippen molar-refractivity contribution in [2.24, 2.45) is 23.7 Å². The molecular weight excluding hydrogens is 280 g/mol. The molecule has 2 aliphatic rings. The van der Waals surface area contributed by atoms with E-state index in [-0.39, 0.29) is 17.7 Å². The fourth-order valence-electron chi connectivity index (χ4n) is 3.58. The molecule has 0 unspecified atom stereocenters. The Labute approximate surface area is 129 Å². The van der Waals surface area contributed by atoms with Gasteiger partial charge in [-0.05, 0) is 42.5 Å². The number of carboxylic acid groups (broad SMARTS) is 1. The van der Waals surface area contributed by atoms with Crippen molar-refractivity contribution in [3.8, 4) is 0 Å². The Morgan fingerprint density at radius 3 is 2.23 bits per heavy atom. The molecule has 22 heavy (non-hydrogen) atoms. The third-order valence-corrected chi connectivity index (χ3v) is 4.70. The van der Waals surface area contributed by atoms with E-state index in [2.05, 4.69) is 5.32 Å². The number of amides is 1. The van der Waals surface area contributed by atoms with E-state index < -0.39 is 17.8 Å². The largest absolute Gasteiger partial charge is 0.481 e. The van der Waals surface area contributed by atoms with Crippen LogP contribution in [0.2, 0.25) is 0 Å². The number of aliphatic carboxylic acids is 1. The Morgan fingerprint density at radius 2 is 1.68 bits per heavy atom. The van der Waals surface area contributed by atoms with Gasteiger partial charge in [0.1, 0.15) is 0 Å². The van der Waals surface area contributed by atoms with Crippen molar-refractivity contribution in [3.05, 3.63) is 36.4 Å². The molecule has 0 radical (unpaired) electrons. The van der Waals surface area contributed by atoms with Crippen molar-refractivity contribution in [1.82, 2.24) is 0 Å². The third-order valence-electron chi connectivity index (χ3n) is 4.70. The summed E-state index contributed by atoms with van der Waals surface area (Å²) in [6.45, 7) is 0. The number of carbonyl (C=O) groups excluding carboxylic acids is 1. The van der Waals surface area contributed by atoms with E-state index >= 15 is 0 Å². The van der Waals surface area contributed by atoms with Crippen LogP contribution in [0, 0.1) is 23.7 Å². The third kappa shape index (κ3) is 2.47. The van der Waals surface area contributed by atoms with Crippen LogP contribution in [0.15, 0.2) is 36.4 Å². The van der Waals surface area contributed by atoms with Crippen LogP contribution in [0.1, 0.15) is 6.42 Å². The van der Waals surface area contributed by atoms with Gasteiger partial charge in [0.25, 0.3) is 0 Å². The number of rotatable bonds is 4. The number of fused-ring (bicyclic) bond motifs is 2. The molecule has 4 atom stereocenters. The van der Waals surface area contributed by atoms with Gasteiger partial charge in [-0.3, -0.25) is 9.59 Å². The fraction of sp³-hybridized carbons (Fsp3) is 0.412. The molecule has 1 aromatic rings. The lowest BCUT2D eigenvalue weighted by molar-refractivity contribution is -0.146. The van der Waals surface area contributed by atoms with Gasteiger partial charge in [0.2, 0.25) is 5.91 Å². The minimum Gasteiger partial charge on any atom is -0.481 e. The average molecular weight is 300 g/mol. The van der Waals surface area contributed by atoms with Gasteiger partial charge in [0.15, 0.2) is 0 Å². The van der Waals surface area contributed by atoms with Gasteiger partial charge >= 0.3 is 5.97 Å². The van der Waals surface area contributed by atoms with Crippen LogP contribution >= 0.6 is 0 Å². The predicted octanol–water partition coefficient (Wildman–Crippen LogP) is 2.21. The summed E-state index contributed by atoms with van der Waals surface area (Å²) in [5, 5.41) is 12.3. The van der Waals surface area contributed by atoms with Crippen molar-refractivity contribution < 1.29 is 14.7 Å². The van der Waals surface area contributed by atoms with Crippen molar-refractivity contribution >= 4 is 23.3 Å². The summed E-state index contributed by atoms with van der Waals surface area (Å²) in [5.74, 6) is -2.10. The predicted molar refractivity (Wildman–Crippen MR) is 84.8 cm³/mol. The van der Waals surface area contributed by atoms with Crippen LogP contribution in [0.5, 0.6) is 0 Å². The fourth-order valence-corrected chi connectivity index (χ4v) is 3.58. The van der Waals surface area contributed by atoms with Crippen molar-refractivity contribution in [1.29, 1.82) is 0 Å². The zero-order valence-corrected chi connectivity index (χ0v) is 12.7. The quantitative estimate of drug-likeness (QED) is 0.837. The molecule has 0 saturated heterocycles. The van der Waals surface area contributed by atoms with E-state index in [0.717, 1.165) is 12.1 Å². The molecule has 2 bridgehead atoms. The molecule has 116 valence electrons.